The van der Waals surface area contributed by atoms with E-state index in [9.17, 15) is 4.79 Å². The fourth-order valence-corrected chi connectivity index (χ4v) is 3.59. The Kier molecular flexibility index (Phi) is 6.72. The zero-order valence-electron chi connectivity index (χ0n) is 16.1. The lowest BCUT2D eigenvalue weighted by Crippen LogP contribution is -2.56. The minimum absolute atomic E-state index is 0.157. The lowest BCUT2D eigenvalue weighted by molar-refractivity contribution is -0.122. The maximum Gasteiger partial charge on any atom is 0.234 e. The van der Waals surface area contributed by atoms with Crippen LogP contribution in [0.4, 0.5) is 0 Å². The first-order valence-corrected chi connectivity index (χ1v) is 9.74. The van der Waals surface area contributed by atoms with Crippen LogP contribution in [0, 0.1) is 0 Å². The summed E-state index contributed by atoms with van der Waals surface area (Å²) in [4.78, 5) is 20.9. The minimum Gasteiger partial charge on any atom is -0.381 e. The SMILES string of the molecule is CN=C(NCC1(OC)CCOCC1)N1CCN(CC(=O)NC2CC2)CC1. The van der Waals surface area contributed by atoms with Gasteiger partial charge in [0.2, 0.25) is 5.91 Å². The summed E-state index contributed by atoms with van der Waals surface area (Å²) in [5, 5.41) is 6.55. The van der Waals surface area contributed by atoms with E-state index in [2.05, 4.69) is 25.4 Å². The Morgan fingerprint density at radius 3 is 2.50 bits per heavy atom. The second kappa shape index (κ2) is 9.01. The van der Waals surface area contributed by atoms with Crippen LogP contribution in [0.5, 0.6) is 0 Å². The van der Waals surface area contributed by atoms with Crippen LogP contribution in [0.3, 0.4) is 0 Å². The van der Waals surface area contributed by atoms with Crippen LogP contribution < -0.4 is 10.6 Å². The molecule has 26 heavy (non-hydrogen) atoms. The Balaban J connectivity index is 1.42. The molecule has 8 heteroatoms. The van der Waals surface area contributed by atoms with Crippen LogP contribution in [0.2, 0.25) is 0 Å². The number of carbonyl (C=O) groups excluding carboxylic acids is 1. The molecule has 148 valence electrons. The fraction of sp³-hybridized carbons (Fsp3) is 0.889. The van der Waals surface area contributed by atoms with Crippen LogP contribution in [0.1, 0.15) is 25.7 Å². The first kappa shape index (κ1) is 19.4. The highest BCUT2D eigenvalue weighted by atomic mass is 16.5. The number of rotatable bonds is 6. The van der Waals surface area contributed by atoms with Gasteiger partial charge in [0.1, 0.15) is 0 Å². The lowest BCUT2D eigenvalue weighted by atomic mass is 9.94. The maximum atomic E-state index is 12.0. The molecule has 3 rings (SSSR count). The van der Waals surface area contributed by atoms with Gasteiger partial charge in [0.15, 0.2) is 5.96 Å². The number of piperazine rings is 1. The molecule has 2 heterocycles. The number of nitrogens with zero attached hydrogens (tertiary/aromatic N) is 3. The highest BCUT2D eigenvalue weighted by molar-refractivity contribution is 5.80. The van der Waals surface area contributed by atoms with Crippen molar-refractivity contribution in [3.05, 3.63) is 0 Å². The zero-order chi connectivity index (χ0) is 18.4. The molecule has 1 aliphatic carbocycles. The molecule has 3 aliphatic rings. The first-order valence-electron chi connectivity index (χ1n) is 9.74. The molecule has 0 atom stereocenters. The van der Waals surface area contributed by atoms with Gasteiger partial charge in [-0.15, -0.1) is 0 Å². The maximum absolute atomic E-state index is 12.0. The number of hydrogen-bond acceptors (Lipinski definition) is 5. The normalized spacial score (nSPS) is 24.4. The lowest BCUT2D eigenvalue weighted by Gasteiger charge is -2.39. The summed E-state index contributed by atoms with van der Waals surface area (Å²) in [6.45, 7) is 6.24. The van der Waals surface area contributed by atoms with Gasteiger partial charge in [-0.25, -0.2) is 0 Å². The van der Waals surface area contributed by atoms with Crippen molar-refractivity contribution in [3.63, 3.8) is 0 Å². The topological polar surface area (TPSA) is 78.4 Å². The molecule has 0 radical (unpaired) electrons. The molecule has 0 aromatic rings. The number of amides is 1. The predicted octanol–water partition coefficient (Wildman–Crippen LogP) is -0.346. The highest BCUT2D eigenvalue weighted by Crippen LogP contribution is 2.23. The summed E-state index contributed by atoms with van der Waals surface area (Å²) in [6, 6.07) is 0.435. The summed E-state index contributed by atoms with van der Waals surface area (Å²) < 4.78 is 11.3. The van der Waals surface area contributed by atoms with Gasteiger partial charge in [0.05, 0.1) is 12.1 Å². The number of hydrogen-bond donors (Lipinski definition) is 2. The largest absolute Gasteiger partial charge is 0.381 e. The molecule has 2 aliphatic heterocycles. The van der Waals surface area contributed by atoms with E-state index in [1.165, 1.54) is 0 Å². The third-order valence-corrected chi connectivity index (χ3v) is 5.60. The van der Waals surface area contributed by atoms with Gasteiger partial charge < -0.3 is 25.0 Å². The molecule has 8 nitrogen and oxygen atoms in total. The van der Waals surface area contributed by atoms with Crippen molar-refractivity contribution in [2.24, 2.45) is 4.99 Å². The van der Waals surface area contributed by atoms with Crippen LogP contribution in [-0.4, -0.2) is 99.9 Å². The third kappa shape index (κ3) is 5.31. The standard InChI is InChI=1S/C18H33N5O3/c1-19-17(20-14-18(25-2)5-11-26-12-6-18)23-9-7-22(8-10-23)13-16(24)21-15-3-4-15/h15H,3-14H2,1-2H3,(H,19,20)(H,21,24). The molecule has 0 bridgehead atoms. The van der Waals surface area contributed by atoms with E-state index in [-0.39, 0.29) is 11.5 Å². The first-order chi connectivity index (χ1) is 12.6. The van der Waals surface area contributed by atoms with E-state index < -0.39 is 0 Å². The molecule has 1 amide bonds. The summed E-state index contributed by atoms with van der Waals surface area (Å²) in [6.07, 6.45) is 4.07. The molecule has 0 unspecified atom stereocenters. The molecule has 2 N–H and O–H groups in total. The van der Waals surface area contributed by atoms with Crippen molar-refractivity contribution < 1.29 is 14.3 Å². The van der Waals surface area contributed by atoms with E-state index in [1.54, 1.807) is 7.11 Å². The Labute approximate surface area is 156 Å². The molecule has 0 aromatic heterocycles. The summed E-state index contributed by atoms with van der Waals surface area (Å²) in [5.41, 5.74) is -0.170. The fourth-order valence-electron chi connectivity index (χ4n) is 3.59. The molecule has 2 saturated heterocycles. The summed E-state index contributed by atoms with van der Waals surface area (Å²) >= 11 is 0. The van der Waals surface area contributed by atoms with Crippen molar-refractivity contribution in [1.29, 1.82) is 0 Å². The Hall–Kier alpha value is -1.38. The molecule has 0 spiro atoms. The Bertz CT molecular complexity index is 495. The monoisotopic (exact) mass is 367 g/mol. The van der Waals surface area contributed by atoms with Gasteiger partial charge in [-0.3, -0.25) is 14.7 Å². The highest BCUT2D eigenvalue weighted by Gasteiger charge is 2.33. The summed E-state index contributed by atoms with van der Waals surface area (Å²) in [7, 11) is 3.60. The third-order valence-electron chi connectivity index (χ3n) is 5.60. The number of aliphatic imine (C=N–C) groups is 1. The number of carbonyl (C=O) groups is 1. The van der Waals surface area contributed by atoms with Crippen LogP contribution in [0.25, 0.3) is 0 Å². The number of nitrogens with one attached hydrogen (secondary N) is 2. The van der Waals surface area contributed by atoms with E-state index >= 15 is 0 Å². The second-order valence-electron chi connectivity index (χ2n) is 7.51. The molecule has 1 saturated carbocycles. The summed E-state index contributed by atoms with van der Waals surface area (Å²) in [5.74, 6) is 1.07. The van der Waals surface area contributed by atoms with Crippen molar-refractivity contribution in [2.45, 2.75) is 37.3 Å². The van der Waals surface area contributed by atoms with E-state index in [4.69, 9.17) is 9.47 Å². The average molecular weight is 367 g/mol. The van der Waals surface area contributed by atoms with E-state index in [0.717, 1.165) is 77.6 Å². The van der Waals surface area contributed by atoms with E-state index in [1.807, 2.05) is 7.05 Å². The molecular formula is C18H33N5O3. The van der Waals surface area contributed by atoms with Crippen molar-refractivity contribution in [3.8, 4) is 0 Å². The second-order valence-corrected chi connectivity index (χ2v) is 7.51. The van der Waals surface area contributed by atoms with Crippen molar-refractivity contribution in [2.75, 3.05) is 66.6 Å². The van der Waals surface area contributed by atoms with Gasteiger partial charge in [-0.1, -0.05) is 0 Å². The quantitative estimate of drug-likeness (QED) is 0.494. The average Bonchev–Trinajstić information content (AvgIpc) is 3.48. The van der Waals surface area contributed by atoms with Crippen LogP contribution in [-0.2, 0) is 14.3 Å². The van der Waals surface area contributed by atoms with Gasteiger partial charge in [0, 0.05) is 79.0 Å². The van der Waals surface area contributed by atoms with Crippen LogP contribution >= 0.6 is 0 Å². The zero-order valence-corrected chi connectivity index (χ0v) is 16.1. The van der Waals surface area contributed by atoms with E-state index in [0.29, 0.717) is 12.6 Å². The van der Waals surface area contributed by atoms with Crippen molar-refractivity contribution >= 4 is 11.9 Å². The van der Waals surface area contributed by atoms with Gasteiger partial charge in [0.25, 0.3) is 0 Å². The number of ether oxygens (including phenoxy) is 2. The predicted molar refractivity (Wildman–Crippen MR) is 100 cm³/mol. The van der Waals surface area contributed by atoms with Gasteiger partial charge >= 0.3 is 0 Å². The Morgan fingerprint density at radius 1 is 1.23 bits per heavy atom. The van der Waals surface area contributed by atoms with Gasteiger partial charge in [-0.05, 0) is 12.8 Å². The molecular weight excluding hydrogens is 334 g/mol. The molecule has 3 fully saturated rings. The smallest absolute Gasteiger partial charge is 0.234 e. The Morgan fingerprint density at radius 2 is 1.92 bits per heavy atom. The number of methoxy groups -OCH3 is 1. The van der Waals surface area contributed by atoms with Crippen LogP contribution in [0.15, 0.2) is 4.99 Å². The minimum atomic E-state index is -0.170. The number of guanidine groups is 1. The van der Waals surface area contributed by atoms with Crippen molar-refractivity contribution in [1.82, 2.24) is 20.4 Å². The molecule has 0 aromatic carbocycles. The van der Waals surface area contributed by atoms with Gasteiger partial charge in [-0.2, -0.15) is 0 Å².